The van der Waals surface area contributed by atoms with Crippen LogP contribution in [0.25, 0.3) is 11.1 Å². The van der Waals surface area contributed by atoms with Crippen molar-refractivity contribution in [3.63, 3.8) is 0 Å². The molecule has 0 aliphatic carbocycles. The molecule has 0 spiro atoms. The Bertz CT molecular complexity index is 834. The molecule has 27 heavy (non-hydrogen) atoms. The highest BCUT2D eigenvalue weighted by Crippen LogP contribution is 2.23. The number of thioether (sulfide) groups is 1. The Hall–Kier alpha value is -2.78. The van der Waals surface area contributed by atoms with E-state index in [1.165, 1.54) is 11.8 Å². The van der Waals surface area contributed by atoms with Crippen LogP contribution in [0.15, 0.2) is 58.6 Å². The van der Waals surface area contributed by atoms with Crippen LogP contribution in [0.1, 0.15) is 37.3 Å². The molecule has 2 aromatic rings. The van der Waals surface area contributed by atoms with Gasteiger partial charge in [0.05, 0.1) is 18.2 Å². The summed E-state index contributed by atoms with van der Waals surface area (Å²) in [5.74, 6) is 0.841. The number of hydrogen-bond acceptors (Lipinski definition) is 4. The Labute approximate surface area is 165 Å². The molecule has 0 saturated heterocycles. The van der Waals surface area contributed by atoms with Crippen LogP contribution in [-0.2, 0) is 6.54 Å². The fourth-order valence-corrected chi connectivity index (χ4v) is 2.63. The highest BCUT2D eigenvalue weighted by molar-refractivity contribution is 8.13. The van der Waals surface area contributed by atoms with Gasteiger partial charge in [0.15, 0.2) is 5.17 Å². The summed E-state index contributed by atoms with van der Waals surface area (Å²) in [6.07, 6.45) is 4.87. The minimum atomic E-state index is 0.486. The number of nitriles is 1. The van der Waals surface area contributed by atoms with E-state index >= 15 is 0 Å². The number of benzene rings is 2. The molecular weight excluding hydrogens is 354 g/mol. The van der Waals surface area contributed by atoms with Crippen LogP contribution in [0.5, 0.6) is 0 Å². The van der Waals surface area contributed by atoms with Gasteiger partial charge in [-0.15, -0.1) is 5.10 Å². The smallest absolute Gasteiger partial charge is 0.177 e. The minimum absolute atomic E-state index is 0.486. The Morgan fingerprint density at radius 3 is 2.59 bits per heavy atom. The number of nitrogens with one attached hydrogen (secondary N) is 1. The van der Waals surface area contributed by atoms with Gasteiger partial charge in [-0.25, -0.2) is 0 Å². The van der Waals surface area contributed by atoms with Gasteiger partial charge in [0, 0.05) is 6.42 Å². The van der Waals surface area contributed by atoms with Gasteiger partial charge >= 0.3 is 0 Å². The van der Waals surface area contributed by atoms with Gasteiger partial charge in [-0.3, -0.25) is 10.4 Å². The number of nitrogens with two attached hydrogens (primary N) is 1. The Morgan fingerprint density at radius 2 is 1.93 bits per heavy atom. The highest BCUT2D eigenvalue weighted by Gasteiger charge is 2.04. The second kappa shape index (κ2) is 11.0. The normalized spacial score (nSPS) is 11.9. The lowest BCUT2D eigenvalue weighted by Gasteiger charge is -2.08. The Morgan fingerprint density at radius 1 is 1.19 bits per heavy atom. The van der Waals surface area contributed by atoms with Crippen molar-refractivity contribution >= 4 is 22.8 Å². The molecule has 0 atom stereocenters. The van der Waals surface area contributed by atoms with E-state index in [9.17, 15) is 5.26 Å². The number of amidine groups is 2. The van der Waals surface area contributed by atoms with Gasteiger partial charge in [-0.2, -0.15) is 5.26 Å². The second-order valence-corrected chi connectivity index (χ2v) is 6.81. The number of hydrazone groups is 1. The van der Waals surface area contributed by atoms with Gasteiger partial charge in [-0.1, -0.05) is 67.6 Å². The molecule has 0 aromatic heterocycles. The third-order valence-corrected chi connectivity index (χ3v) is 4.55. The molecule has 0 amide bonds. The summed E-state index contributed by atoms with van der Waals surface area (Å²) in [7, 11) is 0. The average molecular weight is 380 g/mol. The van der Waals surface area contributed by atoms with E-state index in [1.54, 1.807) is 0 Å². The van der Waals surface area contributed by atoms with Crippen LogP contribution in [-0.4, -0.2) is 17.3 Å². The number of rotatable bonds is 7. The standard InChI is InChI=1S/C21H25N5S/c1-3-4-9-20(25-26-21(23)27-2)24-15-16-10-12-17(13-11-16)19-8-6-5-7-18(19)14-22/h5-8,10-13H,3-4,9,15H2,1-2H3,(H2,23,26)(H,24,25). The third-order valence-electron chi connectivity index (χ3n) is 4.04. The highest BCUT2D eigenvalue weighted by atomic mass is 32.2. The first-order valence-corrected chi connectivity index (χ1v) is 10.1. The van der Waals surface area contributed by atoms with Crippen molar-refractivity contribution in [2.45, 2.75) is 32.7 Å². The first-order valence-electron chi connectivity index (χ1n) is 8.92. The number of hydrogen-bond donors (Lipinski definition) is 2. The fourth-order valence-electron chi connectivity index (χ4n) is 2.49. The van der Waals surface area contributed by atoms with E-state index in [0.29, 0.717) is 17.3 Å². The van der Waals surface area contributed by atoms with E-state index in [2.05, 4.69) is 28.5 Å². The van der Waals surface area contributed by atoms with E-state index in [1.807, 2.05) is 54.8 Å². The lowest BCUT2D eigenvalue weighted by atomic mass is 9.99. The summed E-state index contributed by atoms with van der Waals surface area (Å²) in [4.78, 5) is 4.66. The zero-order valence-corrected chi connectivity index (χ0v) is 16.6. The molecule has 0 unspecified atom stereocenters. The molecule has 2 rings (SSSR count). The fraction of sp³-hybridized carbons (Fsp3) is 0.286. The van der Waals surface area contributed by atoms with Crippen molar-refractivity contribution in [1.82, 2.24) is 5.43 Å². The van der Waals surface area contributed by atoms with E-state index in [4.69, 9.17) is 5.73 Å². The Kier molecular flexibility index (Phi) is 8.40. The summed E-state index contributed by atoms with van der Waals surface area (Å²) in [5, 5.41) is 13.9. The van der Waals surface area contributed by atoms with E-state index in [0.717, 1.165) is 41.8 Å². The number of nitrogens with zero attached hydrogens (tertiary/aromatic N) is 3. The van der Waals surface area contributed by atoms with Crippen molar-refractivity contribution in [2.24, 2.45) is 15.8 Å². The maximum Gasteiger partial charge on any atom is 0.177 e. The average Bonchev–Trinajstić information content (AvgIpc) is 2.73. The first-order chi connectivity index (χ1) is 13.2. The second-order valence-electron chi connectivity index (χ2n) is 5.99. The third kappa shape index (κ3) is 6.46. The molecule has 140 valence electrons. The quantitative estimate of drug-likeness (QED) is 0.421. The van der Waals surface area contributed by atoms with Gasteiger partial charge < -0.3 is 5.73 Å². The first kappa shape index (κ1) is 20.5. The zero-order valence-electron chi connectivity index (χ0n) is 15.8. The van der Waals surface area contributed by atoms with Crippen molar-refractivity contribution in [3.8, 4) is 17.2 Å². The SMILES string of the molecule is CCCCC(=NCc1ccc(-c2ccccc2C#N)cc1)N/N=C(\N)SC. The van der Waals surface area contributed by atoms with Crippen LogP contribution >= 0.6 is 11.8 Å². The van der Waals surface area contributed by atoms with E-state index < -0.39 is 0 Å². The largest absolute Gasteiger partial charge is 0.377 e. The van der Waals surface area contributed by atoms with E-state index in [-0.39, 0.29) is 0 Å². The molecule has 0 bridgehead atoms. The monoisotopic (exact) mass is 379 g/mol. The summed E-state index contributed by atoms with van der Waals surface area (Å²) in [6, 6.07) is 18.0. The van der Waals surface area contributed by atoms with Crippen LogP contribution in [0.4, 0.5) is 0 Å². The molecule has 0 fully saturated rings. The summed E-state index contributed by atoms with van der Waals surface area (Å²) in [5.41, 5.74) is 12.5. The number of unbranched alkanes of at least 4 members (excludes halogenated alkanes) is 1. The molecule has 2 aromatic carbocycles. The zero-order chi connectivity index (χ0) is 19.5. The van der Waals surface area contributed by atoms with Gasteiger partial charge in [0.2, 0.25) is 0 Å². The van der Waals surface area contributed by atoms with Crippen LogP contribution in [0, 0.1) is 11.3 Å². The maximum atomic E-state index is 9.26. The molecule has 0 aliphatic heterocycles. The van der Waals surface area contributed by atoms with Crippen LogP contribution in [0.2, 0.25) is 0 Å². The van der Waals surface area contributed by atoms with Gasteiger partial charge in [0.25, 0.3) is 0 Å². The maximum absolute atomic E-state index is 9.26. The molecule has 3 N–H and O–H groups in total. The van der Waals surface area contributed by atoms with Crippen molar-refractivity contribution in [1.29, 1.82) is 5.26 Å². The van der Waals surface area contributed by atoms with Crippen LogP contribution in [0.3, 0.4) is 0 Å². The van der Waals surface area contributed by atoms with Gasteiger partial charge in [0.1, 0.15) is 5.84 Å². The topological polar surface area (TPSA) is 86.6 Å². The van der Waals surface area contributed by atoms with Crippen molar-refractivity contribution < 1.29 is 0 Å². The summed E-state index contributed by atoms with van der Waals surface area (Å²) < 4.78 is 0. The van der Waals surface area contributed by atoms with Crippen molar-refractivity contribution in [2.75, 3.05) is 6.26 Å². The molecule has 0 heterocycles. The lowest BCUT2D eigenvalue weighted by Crippen LogP contribution is -2.22. The van der Waals surface area contributed by atoms with Crippen LogP contribution < -0.4 is 11.2 Å². The Balaban J connectivity index is 2.11. The summed E-state index contributed by atoms with van der Waals surface area (Å²) in [6.45, 7) is 2.72. The molecule has 0 aliphatic rings. The van der Waals surface area contributed by atoms with Gasteiger partial charge in [-0.05, 0) is 35.4 Å². The minimum Gasteiger partial charge on any atom is -0.377 e. The molecule has 6 heteroatoms. The number of aliphatic imine (C=N–C) groups is 1. The lowest BCUT2D eigenvalue weighted by molar-refractivity contribution is 0.801. The predicted molar refractivity (Wildman–Crippen MR) is 116 cm³/mol. The molecule has 0 radical (unpaired) electrons. The predicted octanol–water partition coefficient (Wildman–Crippen LogP) is 4.50. The summed E-state index contributed by atoms with van der Waals surface area (Å²) >= 11 is 1.39. The molecule has 5 nitrogen and oxygen atoms in total. The molecular formula is C21H25N5S. The molecule has 0 saturated carbocycles. The van der Waals surface area contributed by atoms with Crippen molar-refractivity contribution in [3.05, 3.63) is 59.7 Å².